The number of amides is 1. The van der Waals surface area contributed by atoms with Crippen molar-refractivity contribution in [2.45, 2.75) is 0 Å². The average Bonchev–Trinajstić information content (AvgIpc) is 3.12. The van der Waals surface area contributed by atoms with Crippen LogP contribution in [0.25, 0.3) is 22.6 Å². The summed E-state index contributed by atoms with van der Waals surface area (Å²) in [6.45, 7) is -0.103. The number of oxazole rings is 1. The van der Waals surface area contributed by atoms with Crippen molar-refractivity contribution in [2.24, 2.45) is 0 Å². The number of carbonyl (C=O) groups excluding carboxylic acids is 1. The minimum Gasteiger partial charge on any atom is -0.484 e. The standard InChI is InChI=1S/C21H15ClN2O3/c22-15-6-9-17(10-7-15)26-13-20(25)23-16-8-11-19-18(12-16)24-21(27-19)14-4-2-1-3-5-14/h1-12H,13H2,(H,23,25). The van der Waals surface area contributed by atoms with Gasteiger partial charge in [-0.3, -0.25) is 4.79 Å². The number of aromatic nitrogens is 1. The molecule has 0 unspecified atom stereocenters. The number of carbonyl (C=O) groups is 1. The summed E-state index contributed by atoms with van der Waals surface area (Å²) in [6, 6.07) is 21.8. The van der Waals surface area contributed by atoms with Gasteiger partial charge in [0.25, 0.3) is 5.91 Å². The minimum absolute atomic E-state index is 0.103. The van der Waals surface area contributed by atoms with Crippen molar-refractivity contribution in [3.63, 3.8) is 0 Å². The Labute approximate surface area is 160 Å². The van der Waals surface area contributed by atoms with Crippen molar-refractivity contribution < 1.29 is 13.9 Å². The molecule has 3 aromatic carbocycles. The third kappa shape index (κ3) is 4.10. The Morgan fingerprint density at radius 2 is 1.81 bits per heavy atom. The van der Waals surface area contributed by atoms with E-state index in [2.05, 4.69) is 10.3 Å². The first-order chi connectivity index (χ1) is 13.2. The second-order valence-corrected chi connectivity index (χ2v) is 6.29. The van der Waals surface area contributed by atoms with Crippen LogP contribution in [-0.2, 0) is 4.79 Å². The maximum absolute atomic E-state index is 12.1. The average molecular weight is 379 g/mol. The summed E-state index contributed by atoms with van der Waals surface area (Å²) >= 11 is 5.82. The van der Waals surface area contributed by atoms with Gasteiger partial charge in [0.05, 0.1) is 0 Å². The molecule has 134 valence electrons. The van der Waals surface area contributed by atoms with Crippen LogP contribution in [0, 0.1) is 0 Å². The van der Waals surface area contributed by atoms with Gasteiger partial charge in [-0.25, -0.2) is 4.98 Å². The lowest BCUT2D eigenvalue weighted by atomic mass is 10.2. The summed E-state index contributed by atoms with van der Waals surface area (Å²) in [6.07, 6.45) is 0. The molecule has 0 aliphatic carbocycles. The van der Waals surface area contributed by atoms with E-state index in [0.717, 1.165) is 5.56 Å². The Hall–Kier alpha value is -3.31. The summed E-state index contributed by atoms with van der Waals surface area (Å²) in [5, 5.41) is 3.41. The molecule has 4 aromatic rings. The van der Waals surface area contributed by atoms with Crippen molar-refractivity contribution in [1.82, 2.24) is 4.98 Å². The molecule has 0 atom stereocenters. The number of benzene rings is 3. The van der Waals surface area contributed by atoms with Gasteiger partial charge in [-0.1, -0.05) is 29.8 Å². The molecular weight excluding hydrogens is 364 g/mol. The summed E-state index contributed by atoms with van der Waals surface area (Å²) in [5.74, 6) is 0.852. The van der Waals surface area contributed by atoms with E-state index in [1.807, 2.05) is 30.3 Å². The molecule has 1 heterocycles. The van der Waals surface area contributed by atoms with Gasteiger partial charge in [0.1, 0.15) is 11.3 Å². The molecule has 0 saturated carbocycles. The van der Waals surface area contributed by atoms with Crippen LogP contribution in [0.4, 0.5) is 5.69 Å². The van der Waals surface area contributed by atoms with Crippen molar-refractivity contribution in [3.8, 4) is 17.2 Å². The molecule has 6 heteroatoms. The van der Waals surface area contributed by atoms with E-state index in [9.17, 15) is 4.79 Å². The first-order valence-corrected chi connectivity index (χ1v) is 8.69. The minimum atomic E-state index is -0.268. The number of halogens is 1. The van der Waals surface area contributed by atoms with Gasteiger partial charge < -0.3 is 14.5 Å². The molecule has 1 aromatic heterocycles. The highest BCUT2D eigenvalue weighted by Crippen LogP contribution is 2.26. The van der Waals surface area contributed by atoms with E-state index in [-0.39, 0.29) is 12.5 Å². The first kappa shape index (κ1) is 17.1. The predicted molar refractivity (Wildman–Crippen MR) is 105 cm³/mol. The van der Waals surface area contributed by atoms with Gasteiger partial charge in [-0.15, -0.1) is 0 Å². The molecule has 0 bridgehead atoms. The molecule has 5 nitrogen and oxygen atoms in total. The zero-order chi connectivity index (χ0) is 18.6. The van der Waals surface area contributed by atoms with Gasteiger partial charge in [0, 0.05) is 16.3 Å². The van der Waals surface area contributed by atoms with Crippen LogP contribution in [0.3, 0.4) is 0 Å². The Bertz CT molecular complexity index is 1080. The van der Waals surface area contributed by atoms with E-state index < -0.39 is 0 Å². The third-order valence-corrected chi connectivity index (χ3v) is 4.13. The number of rotatable bonds is 5. The van der Waals surface area contributed by atoms with Crippen molar-refractivity contribution in [2.75, 3.05) is 11.9 Å². The van der Waals surface area contributed by atoms with Crippen LogP contribution >= 0.6 is 11.6 Å². The zero-order valence-electron chi connectivity index (χ0n) is 14.2. The van der Waals surface area contributed by atoms with Crippen molar-refractivity contribution in [1.29, 1.82) is 0 Å². The van der Waals surface area contributed by atoms with E-state index in [1.165, 1.54) is 0 Å². The van der Waals surface area contributed by atoms with E-state index in [4.69, 9.17) is 20.8 Å². The number of ether oxygens (including phenoxy) is 1. The molecule has 4 rings (SSSR count). The van der Waals surface area contributed by atoms with Gasteiger partial charge in [0.15, 0.2) is 12.2 Å². The quantitative estimate of drug-likeness (QED) is 0.520. The van der Waals surface area contributed by atoms with Gasteiger partial charge >= 0.3 is 0 Å². The molecule has 0 aliphatic rings. The highest BCUT2D eigenvalue weighted by atomic mass is 35.5. The second-order valence-electron chi connectivity index (χ2n) is 5.86. The lowest BCUT2D eigenvalue weighted by Gasteiger charge is -2.07. The molecule has 1 amide bonds. The molecule has 0 spiro atoms. The van der Waals surface area contributed by atoms with Crippen LogP contribution in [0.1, 0.15) is 0 Å². The Kier molecular flexibility index (Phi) is 4.77. The molecule has 1 N–H and O–H groups in total. The maximum Gasteiger partial charge on any atom is 0.262 e. The largest absolute Gasteiger partial charge is 0.484 e. The fraction of sp³-hybridized carbons (Fsp3) is 0.0476. The van der Waals surface area contributed by atoms with E-state index in [1.54, 1.807) is 42.5 Å². The molecular formula is C21H15ClN2O3. The summed E-state index contributed by atoms with van der Waals surface area (Å²) in [5.41, 5.74) is 2.85. The fourth-order valence-corrected chi connectivity index (χ4v) is 2.71. The van der Waals surface area contributed by atoms with Gasteiger partial charge in [-0.05, 0) is 54.6 Å². The number of hydrogen-bond donors (Lipinski definition) is 1. The third-order valence-electron chi connectivity index (χ3n) is 3.88. The number of fused-ring (bicyclic) bond motifs is 1. The smallest absolute Gasteiger partial charge is 0.262 e. The molecule has 27 heavy (non-hydrogen) atoms. The predicted octanol–water partition coefficient (Wildman–Crippen LogP) is 5.17. The zero-order valence-corrected chi connectivity index (χ0v) is 14.9. The number of hydrogen-bond acceptors (Lipinski definition) is 4. The van der Waals surface area contributed by atoms with Gasteiger partial charge in [-0.2, -0.15) is 0 Å². The summed E-state index contributed by atoms with van der Waals surface area (Å²) in [7, 11) is 0. The van der Waals surface area contributed by atoms with Crippen LogP contribution < -0.4 is 10.1 Å². The highest BCUT2D eigenvalue weighted by Gasteiger charge is 2.10. The monoisotopic (exact) mass is 378 g/mol. The fourth-order valence-electron chi connectivity index (χ4n) is 2.59. The summed E-state index contributed by atoms with van der Waals surface area (Å²) in [4.78, 5) is 16.6. The topological polar surface area (TPSA) is 64.4 Å². The Balaban J connectivity index is 1.44. The Morgan fingerprint density at radius 3 is 2.59 bits per heavy atom. The SMILES string of the molecule is O=C(COc1ccc(Cl)cc1)Nc1ccc2oc(-c3ccccc3)nc2c1. The van der Waals surface area contributed by atoms with E-state index >= 15 is 0 Å². The Morgan fingerprint density at radius 1 is 1.04 bits per heavy atom. The normalized spacial score (nSPS) is 10.7. The molecule has 0 aliphatic heterocycles. The highest BCUT2D eigenvalue weighted by molar-refractivity contribution is 6.30. The molecule has 0 saturated heterocycles. The van der Waals surface area contributed by atoms with Crippen LogP contribution in [0.5, 0.6) is 5.75 Å². The number of nitrogens with one attached hydrogen (secondary N) is 1. The second kappa shape index (κ2) is 7.51. The van der Waals surface area contributed by atoms with Gasteiger partial charge in [0.2, 0.25) is 5.89 Å². The maximum atomic E-state index is 12.1. The van der Waals surface area contributed by atoms with Crippen LogP contribution in [-0.4, -0.2) is 17.5 Å². The molecule has 0 radical (unpaired) electrons. The van der Waals surface area contributed by atoms with Crippen molar-refractivity contribution >= 4 is 34.3 Å². The van der Waals surface area contributed by atoms with Crippen LogP contribution in [0.15, 0.2) is 77.2 Å². The lowest BCUT2D eigenvalue weighted by molar-refractivity contribution is -0.118. The molecule has 0 fully saturated rings. The number of anilines is 1. The van der Waals surface area contributed by atoms with Crippen molar-refractivity contribution in [3.05, 3.63) is 77.8 Å². The van der Waals surface area contributed by atoms with E-state index in [0.29, 0.717) is 33.4 Å². The summed E-state index contributed by atoms with van der Waals surface area (Å²) < 4.78 is 11.2. The lowest BCUT2D eigenvalue weighted by Crippen LogP contribution is -2.20. The first-order valence-electron chi connectivity index (χ1n) is 8.32. The number of nitrogens with zero attached hydrogens (tertiary/aromatic N) is 1. The van der Waals surface area contributed by atoms with Crippen LogP contribution in [0.2, 0.25) is 5.02 Å².